The van der Waals surface area contributed by atoms with Gasteiger partial charge < -0.3 is 19.7 Å². The van der Waals surface area contributed by atoms with Crippen molar-refractivity contribution >= 4 is 27.5 Å². The van der Waals surface area contributed by atoms with E-state index in [2.05, 4.69) is 5.32 Å². The molecule has 214 valence electrons. The first-order chi connectivity index (χ1) is 19.1. The highest BCUT2D eigenvalue weighted by Gasteiger charge is 2.33. The number of rotatable bonds is 13. The van der Waals surface area contributed by atoms with Gasteiger partial charge >= 0.3 is 0 Å². The summed E-state index contributed by atoms with van der Waals surface area (Å²) in [7, 11) is -1.31. The topological polar surface area (TPSA) is 105 Å². The number of nitrogens with one attached hydrogen (secondary N) is 1. The molecule has 40 heavy (non-hydrogen) atoms. The van der Waals surface area contributed by atoms with E-state index < -0.39 is 34.3 Å². The number of ether oxygens (including phenoxy) is 2. The largest absolute Gasteiger partial charge is 0.497 e. The second-order valence-corrected chi connectivity index (χ2v) is 10.7. The molecule has 3 aromatic carbocycles. The van der Waals surface area contributed by atoms with Crippen LogP contribution in [0.4, 0.5) is 10.1 Å². The number of nitrogens with zero attached hydrogens (tertiary/aromatic N) is 2. The summed E-state index contributed by atoms with van der Waals surface area (Å²) in [5.41, 5.74) is 0.902. The lowest BCUT2D eigenvalue weighted by atomic mass is 10.1. The SMILES string of the molecule is CCOc1ccc(N(CC(=O)N(Cc2cccc(OC)c2)C(CC)C(=O)NC)S(=O)(=O)c2ccc(F)cc2)cc1. The molecular weight excluding hydrogens is 537 g/mol. The molecule has 3 aromatic rings. The van der Waals surface area contributed by atoms with Gasteiger partial charge in [-0.1, -0.05) is 19.1 Å². The molecule has 1 unspecified atom stereocenters. The van der Waals surface area contributed by atoms with Gasteiger partial charge in [0.2, 0.25) is 11.8 Å². The van der Waals surface area contributed by atoms with Crippen molar-refractivity contribution < 1.29 is 31.9 Å². The van der Waals surface area contributed by atoms with Crippen LogP contribution >= 0.6 is 0 Å². The molecule has 9 nitrogen and oxygen atoms in total. The number of carbonyl (C=O) groups is 2. The average molecular weight is 572 g/mol. The monoisotopic (exact) mass is 571 g/mol. The van der Waals surface area contributed by atoms with Crippen LogP contribution in [0.1, 0.15) is 25.8 Å². The van der Waals surface area contributed by atoms with E-state index in [0.717, 1.165) is 28.6 Å². The number of methoxy groups -OCH3 is 1. The number of likely N-dealkylation sites (N-methyl/N-ethyl adjacent to an activating group) is 1. The number of anilines is 1. The minimum Gasteiger partial charge on any atom is -0.497 e. The Balaban J connectivity index is 2.06. The predicted molar refractivity (Wildman–Crippen MR) is 150 cm³/mol. The van der Waals surface area contributed by atoms with E-state index in [1.54, 1.807) is 43.3 Å². The lowest BCUT2D eigenvalue weighted by Gasteiger charge is -2.33. The third-order valence-corrected chi connectivity index (χ3v) is 8.02. The van der Waals surface area contributed by atoms with E-state index in [-0.39, 0.29) is 23.0 Å². The number of carbonyl (C=O) groups excluding carboxylic acids is 2. The molecule has 0 spiro atoms. The summed E-state index contributed by atoms with van der Waals surface area (Å²) in [6, 6.07) is 16.8. The van der Waals surface area contributed by atoms with Gasteiger partial charge in [0.15, 0.2) is 0 Å². The Bertz CT molecular complexity index is 1400. The molecule has 0 aliphatic heterocycles. The number of sulfonamides is 1. The molecule has 0 aliphatic carbocycles. The summed E-state index contributed by atoms with van der Waals surface area (Å²) in [6.45, 7) is 3.45. The third-order valence-electron chi connectivity index (χ3n) is 6.24. The summed E-state index contributed by atoms with van der Waals surface area (Å²) in [6.07, 6.45) is 0.295. The molecule has 0 fully saturated rings. The van der Waals surface area contributed by atoms with Gasteiger partial charge in [0.25, 0.3) is 10.0 Å². The highest BCUT2D eigenvalue weighted by Crippen LogP contribution is 2.27. The van der Waals surface area contributed by atoms with Crippen LogP contribution in [0.3, 0.4) is 0 Å². The highest BCUT2D eigenvalue weighted by atomic mass is 32.2. The lowest BCUT2D eigenvalue weighted by molar-refractivity contribution is -0.140. The Labute approximate surface area is 234 Å². The Morgan fingerprint density at radius 3 is 2.23 bits per heavy atom. The zero-order valence-corrected chi connectivity index (χ0v) is 23.8. The molecule has 11 heteroatoms. The fraction of sp³-hybridized carbons (Fsp3) is 0.310. The maximum atomic E-state index is 13.9. The van der Waals surface area contributed by atoms with Gasteiger partial charge in [0.1, 0.15) is 29.9 Å². The summed E-state index contributed by atoms with van der Waals surface area (Å²) < 4.78 is 52.9. The van der Waals surface area contributed by atoms with Crippen molar-refractivity contribution in [3.05, 3.63) is 84.2 Å². The number of halogens is 1. The Kier molecular flexibility index (Phi) is 10.5. The number of amides is 2. The van der Waals surface area contributed by atoms with Crippen LogP contribution in [-0.4, -0.2) is 58.5 Å². The van der Waals surface area contributed by atoms with Crippen LogP contribution in [0.2, 0.25) is 0 Å². The van der Waals surface area contributed by atoms with Gasteiger partial charge in [0.05, 0.1) is 24.3 Å². The highest BCUT2D eigenvalue weighted by molar-refractivity contribution is 7.92. The van der Waals surface area contributed by atoms with Crippen LogP contribution in [0.15, 0.2) is 77.7 Å². The molecule has 3 rings (SSSR count). The summed E-state index contributed by atoms with van der Waals surface area (Å²) in [4.78, 5) is 27.9. The molecule has 2 amide bonds. The van der Waals surface area contributed by atoms with Crippen molar-refractivity contribution in [3.63, 3.8) is 0 Å². The third kappa shape index (κ3) is 7.29. The number of benzene rings is 3. The molecule has 0 aliphatic rings. The fourth-order valence-electron chi connectivity index (χ4n) is 4.19. The molecule has 0 saturated heterocycles. The molecule has 1 N–H and O–H groups in total. The summed E-state index contributed by atoms with van der Waals surface area (Å²) >= 11 is 0. The van der Waals surface area contributed by atoms with Gasteiger partial charge in [-0.2, -0.15) is 0 Å². The normalized spacial score (nSPS) is 11.8. The van der Waals surface area contributed by atoms with Crippen LogP contribution in [-0.2, 0) is 26.2 Å². The maximum absolute atomic E-state index is 13.9. The molecule has 0 saturated carbocycles. The van der Waals surface area contributed by atoms with Crippen molar-refractivity contribution in [1.29, 1.82) is 0 Å². The van der Waals surface area contributed by atoms with E-state index >= 15 is 0 Å². The zero-order valence-electron chi connectivity index (χ0n) is 23.0. The molecule has 0 bridgehead atoms. The van der Waals surface area contributed by atoms with E-state index in [4.69, 9.17) is 9.47 Å². The van der Waals surface area contributed by atoms with Crippen LogP contribution in [0.5, 0.6) is 11.5 Å². The zero-order chi connectivity index (χ0) is 29.3. The minimum absolute atomic E-state index is 0.0374. The van der Waals surface area contributed by atoms with E-state index in [1.165, 1.54) is 31.2 Å². The first kappa shape index (κ1) is 30.4. The van der Waals surface area contributed by atoms with E-state index in [0.29, 0.717) is 30.1 Å². The molecule has 0 aromatic heterocycles. The Morgan fingerprint density at radius 1 is 0.975 bits per heavy atom. The van der Waals surface area contributed by atoms with E-state index in [9.17, 15) is 22.4 Å². The summed E-state index contributed by atoms with van der Waals surface area (Å²) in [5, 5.41) is 2.59. The van der Waals surface area contributed by atoms with Crippen molar-refractivity contribution in [3.8, 4) is 11.5 Å². The number of hydrogen-bond donors (Lipinski definition) is 1. The van der Waals surface area contributed by atoms with Crippen molar-refractivity contribution in [1.82, 2.24) is 10.2 Å². The van der Waals surface area contributed by atoms with Crippen molar-refractivity contribution in [2.45, 2.75) is 37.8 Å². The van der Waals surface area contributed by atoms with Gasteiger partial charge in [-0.15, -0.1) is 0 Å². The van der Waals surface area contributed by atoms with Crippen LogP contribution in [0.25, 0.3) is 0 Å². The smallest absolute Gasteiger partial charge is 0.264 e. The van der Waals surface area contributed by atoms with Gasteiger partial charge in [-0.05, 0) is 79.6 Å². The first-order valence-corrected chi connectivity index (χ1v) is 14.2. The summed E-state index contributed by atoms with van der Waals surface area (Å²) in [5.74, 6) is -0.469. The second-order valence-electron chi connectivity index (χ2n) is 8.80. The standard InChI is InChI=1S/C29H34FN3O6S/c1-5-27(29(35)31-3)32(19-21-8-7-9-25(18-21)38-4)28(34)20-33(23-12-14-24(15-13-23)39-6-2)40(36,37)26-16-10-22(30)11-17-26/h7-18,27H,5-6,19-20H2,1-4H3,(H,31,35). The lowest BCUT2D eigenvalue weighted by Crippen LogP contribution is -2.51. The molecular formula is C29H34FN3O6S. The van der Waals surface area contributed by atoms with Crippen molar-refractivity contribution in [2.75, 3.05) is 31.6 Å². The molecule has 1 atom stereocenters. The minimum atomic E-state index is -4.31. The van der Waals surface area contributed by atoms with Gasteiger partial charge in [-0.3, -0.25) is 13.9 Å². The van der Waals surface area contributed by atoms with Gasteiger partial charge in [-0.25, -0.2) is 12.8 Å². The van der Waals surface area contributed by atoms with E-state index in [1.807, 2.05) is 6.92 Å². The predicted octanol–water partition coefficient (Wildman–Crippen LogP) is 3.98. The van der Waals surface area contributed by atoms with Gasteiger partial charge in [0, 0.05) is 13.6 Å². The Hall–Kier alpha value is -4.12. The average Bonchev–Trinajstić information content (AvgIpc) is 2.96. The number of hydrogen-bond acceptors (Lipinski definition) is 6. The fourth-order valence-corrected chi connectivity index (χ4v) is 5.61. The molecule has 0 heterocycles. The second kappa shape index (κ2) is 13.8. The quantitative estimate of drug-likeness (QED) is 0.333. The molecule has 0 radical (unpaired) electrons. The maximum Gasteiger partial charge on any atom is 0.264 e. The first-order valence-electron chi connectivity index (χ1n) is 12.8. The Morgan fingerprint density at radius 2 is 1.65 bits per heavy atom. The van der Waals surface area contributed by atoms with Crippen LogP contribution in [0, 0.1) is 5.82 Å². The van der Waals surface area contributed by atoms with Crippen molar-refractivity contribution in [2.24, 2.45) is 0 Å². The van der Waals surface area contributed by atoms with Crippen LogP contribution < -0.4 is 19.1 Å².